The standard InChI is InChI=1S/C12H17NO2/c1-13(2)9-8-11(12(14)15)10-6-4-3-5-7-10/h3-7,11H,8-9H2,1-2H3,(H,14,15)/t11-/m0/s1. The molecule has 1 atom stereocenters. The van der Waals surface area contributed by atoms with E-state index in [1.165, 1.54) is 0 Å². The number of carboxylic acids is 1. The molecule has 82 valence electrons. The van der Waals surface area contributed by atoms with Gasteiger partial charge in [-0.3, -0.25) is 4.79 Å². The SMILES string of the molecule is CN(C)CC[C@H](C(=O)O)c1ccccc1. The maximum Gasteiger partial charge on any atom is 0.311 e. The Morgan fingerprint density at radius 1 is 1.33 bits per heavy atom. The van der Waals surface area contributed by atoms with Crippen molar-refractivity contribution in [2.75, 3.05) is 20.6 Å². The molecule has 0 saturated heterocycles. The summed E-state index contributed by atoms with van der Waals surface area (Å²) >= 11 is 0. The summed E-state index contributed by atoms with van der Waals surface area (Å²) in [6.45, 7) is 0.784. The molecule has 0 aliphatic carbocycles. The first-order valence-electron chi connectivity index (χ1n) is 5.03. The van der Waals surface area contributed by atoms with Gasteiger partial charge >= 0.3 is 5.97 Å². The number of nitrogens with zero attached hydrogens (tertiary/aromatic N) is 1. The average Bonchev–Trinajstić information content (AvgIpc) is 2.18. The molecule has 0 aliphatic rings. The molecular weight excluding hydrogens is 190 g/mol. The third kappa shape index (κ3) is 3.72. The van der Waals surface area contributed by atoms with Crippen molar-refractivity contribution in [3.63, 3.8) is 0 Å². The summed E-state index contributed by atoms with van der Waals surface area (Å²) < 4.78 is 0. The second-order valence-corrected chi connectivity index (χ2v) is 3.89. The van der Waals surface area contributed by atoms with Crippen LogP contribution in [-0.4, -0.2) is 36.6 Å². The summed E-state index contributed by atoms with van der Waals surface area (Å²) in [7, 11) is 3.90. The lowest BCUT2D eigenvalue weighted by molar-refractivity contribution is -0.139. The molecule has 0 aromatic heterocycles. The van der Waals surface area contributed by atoms with E-state index in [9.17, 15) is 4.79 Å². The highest BCUT2D eigenvalue weighted by Crippen LogP contribution is 2.19. The van der Waals surface area contributed by atoms with Gasteiger partial charge in [-0.15, -0.1) is 0 Å². The smallest absolute Gasteiger partial charge is 0.311 e. The van der Waals surface area contributed by atoms with Crippen LogP contribution in [0, 0.1) is 0 Å². The number of benzene rings is 1. The molecule has 1 rings (SSSR count). The summed E-state index contributed by atoms with van der Waals surface area (Å²) in [5.41, 5.74) is 0.881. The van der Waals surface area contributed by atoms with Crippen molar-refractivity contribution in [1.29, 1.82) is 0 Å². The van der Waals surface area contributed by atoms with E-state index in [4.69, 9.17) is 5.11 Å². The van der Waals surface area contributed by atoms with Gasteiger partial charge in [0.1, 0.15) is 0 Å². The van der Waals surface area contributed by atoms with E-state index in [2.05, 4.69) is 0 Å². The van der Waals surface area contributed by atoms with Crippen molar-refractivity contribution in [2.24, 2.45) is 0 Å². The molecule has 1 N–H and O–H groups in total. The minimum atomic E-state index is -0.747. The van der Waals surface area contributed by atoms with Crippen LogP contribution >= 0.6 is 0 Å². The first-order valence-corrected chi connectivity index (χ1v) is 5.03. The largest absolute Gasteiger partial charge is 0.481 e. The third-order valence-electron chi connectivity index (χ3n) is 2.37. The lowest BCUT2D eigenvalue weighted by Crippen LogP contribution is -2.20. The molecule has 1 aromatic carbocycles. The van der Waals surface area contributed by atoms with Crippen molar-refractivity contribution < 1.29 is 9.90 Å². The number of aliphatic carboxylic acids is 1. The fourth-order valence-electron chi connectivity index (χ4n) is 1.51. The quantitative estimate of drug-likeness (QED) is 0.800. The minimum absolute atomic E-state index is 0.395. The zero-order valence-corrected chi connectivity index (χ0v) is 9.18. The fourth-order valence-corrected chi connectivity index (χ4v) is 1.51. The molecule has 1 aromatic rings. The Morgan fingerprint density at radius 2 is 1.93 bits per heavy atom. The third-order valence-corrected chi connectivity index (χ3v) is 2.37. The van der Waals surface area contributed by atoms with Gasteiger partial charge in [-0.05, 0) is 32.6 Å². The predicted octanol–water partition coefficient (Wildman–Crippen LogP) is 1.81. The summed E-state index contributed by atoms with van der Waals surface area (Å²) in [6.07, 6.45) is 0.645. The summed E-state index contributed by atoms with van der Waals surface area (Å²) in [5.74, 6) is -1.14. The fraction of sp³-hybridized carbons (Fsp3) is 0.417. The van der Waals surface area contributed by atoms with Crippen molar-refractivity contribution in [1.82, 2.24) is 4.90 Å². The number of carboxylic acid groups (broad SMARTS) is 1. The van der Waals surface area contributed by atoms with Crippen LogP contribution in [0.1, 0.15) is 17.9 Å². The van der Waals surface area contributed by atoms with Crippen LogP contribution in [0.5, 0.6) is 0 Å². The lowest BCUT2D eigenvalue weighted by atomic mass is 9.96. The Balaban J connectivity index is 2.71. The van der Waals surface area contributed by atoms with E-state index in [1.807, 2.05) is 49.3 Å². The number of hydrogen-bond acceptors (Lipinski definition) is 2. The number of hydrogen-bond donors (Lipinski definition) is 1. The molecule has 0 aliphatic heterocycles. The van der Waals surface area contributed by atoms with E-state index in [1.54, 1.807) is 0 Å². The lowest BCUT2D eigenvalue weighted by Gasteiger charge is -2.15. The molecule has 0 heterocycles. The van der Waals surface area contributed by atoms with Gasteiger partial charge < -0.3 is 10.0 Å². The highest BCUT2D eigenvalue weighted by Gasteiger charge is 2.18. The van der Waals surface area contributed by atoms with Crippen molar-refractivity contribution in [3.05, 3.63) is 35.9 Å². The summed E-state index contributed by atoms with van der Waals surface area (Å²) in [5, 5.41) is 9.12. The Bertz CT molecular complexity index is 309. The van der Waals surface area contributed by atoms with Crippen molar-refractivity contribution >= 4 is 5.97 Å². The molecule has 0 unspecified atom stereocenters. The maximum absolute atomic E-state index is 11.1. The molecule has 0 spiro atoms. The minimum Gasteiger partial charge on any atom is -0.481 e. The van der Waals surface area contributed by atoms with E-state index in [-0.39, 0.29) is 0 Å². The highest BCUT2D eigenvalue weighted by atomic mass is 16.4. The van der Waals surface area contributed by atoms with Crippen molar-refractivity contribution in [2.45, 2.75) is 12.3 Å². The first kappa shape index (κ1) is 11.7. The Kier molecular flexibility index (Phi) is 4.31. The van der Waals surface area contributed by atoms with Crippen LogP contribution in [0.2, 0.25) is 0 Å². The second-order valence-electron chi connectivity index (χ2n) is 3.89. The Morgan fingerprint density at radius 3 is 2.40 bits per heavy atom. The van der Waals surface area contributed by atoms with Gasteiger partial charge in [-0.1, -0.05) is 30.3 Å². The maximum atomic E-state index is 11.1. The van der Waals surface area contributed by atoms with Gasteiger partial charge in [0.2, 0.25) is 0 Å². The normalized spacial score (nSPS) is 12.7. The van der Waals surface area contributed by atoms with Gasteiger partial charge in [0.25, 0.3) is 0 Å². The van der Waals surface area contributed by atoms with Crippen LogP contribution in [0.25, 0.3) is 0 Å². The van der Waals surface area contributed by atoms with Crippen LogP contribution in [-0.2, 0) is 4.79 Å². The van der Waals surface area contributed by atoms with E-state index < -0.39 is 11.9 Å². The molecule has 0 radical (unpaired) electrons. The highest BCUT2D eigenvalue weighted by molar-refractivity contribution is 5.76. The average molecular weight is 207 g/mol. The van der Waals surface area contributed by atoms with Crippen LogP contribution < -0.4 is 0 Å². The van der Waals surface area contributed by atoms with Gasteiger partial charge in [-0.2, -0.15) is 0 Å². The second kappa shape index (κ2) is 5.51. The van der Waals surface area contributed by atoms with E-state index >= 15 is 0 Å². The zero-order chi connectivity index (χ0) is 11.3. The van der Waals surface area contributed by atoms with Crippen LogP contribution in [0.4, 0.5) is 0 Å². The molecular formula is C12H17NO2. The number of carbonyl (C=O) groups is 1. The zero-order valence-electron chi connectivity index (χ0n) is 9.18. The van der Waals surface area contributed by atoms with Crippen LogP contribution in [0.3, 0.4) is 0 Å². The monoisotopic (exact) mass is 207 g/mol. The molecule has 3 heteroatoms. The van der Waals surface area contributed by atoms with Crippen LogP contribution in [0.15, 0.2) is 30.3 Å². The predicted molar refractivity (Wildman–Crippen MR) is 60.0 cm³/mol. The molecule has 0 amide bonds. The van der Waals surface area contributed by atoms with Gasteiger partial charge in [0.15, 0.2) is 0 Å². The Hall–Kier alpha value is -1.35. The van der Waals surface area contributed by atoms with Crippen molar-refractivity contribution in [3.8, 4) is 0 Å². The van der Waals surface area contributed by atoms with Gasteiger partial charge in [-0.25, -0.2) is 0 Å². The molecule has 0 bridgehead atoms. The molecule has 15 heavy (non-hydrogen) atoms. The van der Waals surface area contributed by atoms with Gasteiger partial charge in [0, 0.05) is 0 Å². The van der Waals surface area contributed by atoms with Gasteiger partial charge in [0.05, 0.1) is 5.92 Å². The first-order chi connectivity index (χ1) is 7.11. The van der Waals surface area contributed by atoms with E-state index in [0.29, 0.717) is 6.42 Å². The topological polar surface area (TPSA) is 40.5 Å². The molecule has 3 nitrogen and oxygen atoms in total. The summed E-state index contributed by atoms with van der Waals surface area (Å²) in [6, 6.07) is 9.39. The number of rotatable bonds is 5. The van der Waals surface area contributed by atoms with E-state index in [0.717, 1.165) is 12.1 Å². The molecule has 0 fully saturated rings. The Labute approximate surface area is 90.3 Å². The summed E-state index contributed by atoms with van der Waals surface area (Å²) in [4.78, 5) is 13.1. The molecule has 0 saturated carbocycles.